The van der Waals surface area contributed by atoms with E-state index < -0.39 is 35.1 Å². The number of hydrogen-bond donors (Lipinski definition) is 3. The van der Waals surface area contributed by atoms with Gasteiger partial charge >= 0.3 is 0 Å². The Hall–Kier alpha value is -1.75. The molecule has 4 heterocycles. The van der Waals surface area contributed by atoms with Crippen LogP contribution in [0.2, 0.25) is 0 Å². The monoisotopic (exact) mass is 522 g/mol. The van der Waals surface area contributed by atoms with Gasteiger partial charge in [-0.05, 0) is 31.6 Å². The highest BCUT2D eigenvalue weighted by Gasteiger charge is 2.80. The van der Waals surface area contributed by atoms with Crippen LogP contribution in [0.15, 0.2) is 0 Å². The third kappa shape index (κ3) is 4.68. The number of ether oxygens (including phenoxy) is 2. The highest BCUT2D eigenvalue weighted by molar-refractivity contribution is 5.99. The Balaban J connectivity index is 1.66. The molecule has 0 aromatic heterocycles. The minimum absolute atomic E-state index is 0.00583. The van der Waals surface area contributed by atoms with Crippen molar-refractivity contribution in [3.63, 3.8) is 0 Å². The molecule has 37 heavy (non-hydrogen) atoms. The third-order valence-electron chi connectivity index (χ3n) is 9.51. The second-order valence-corrected chi connectivity index (χ2v) is 11.6. The summed E-state index contributed by atoms with van der Waals surface area (Å²) in [5.41, 5.74) is -1.93. The summed E-state index contributed by atoms with van der Waals surface area (Å²) < 4.78 is 12.2. The van der Waals surface area contributed by atoms with E-state index in [-0.39, 0.29) is 36.2 Å². The summed E-state index contributed by atoms with van der Waals surface area (Å²) in [7, 11) is 0. The number of aliphatic hydroxyl groups excluding tert-OH is 1. The van der Waals surface area contributed by atoms with Crippen LogP contribution in [-0.2, 0) is 23.9 Å². The second-order valence-electron chi connectivity index (χ2n) is 11.6. The number of nitrogens with one attached hydrogen (secondary N) is 2. The van der Waals surface area contributed by atoms with E-state index in [2.05, 4.69) is 15.5 Å². The number of carbonyl (C=O) groups is 3. The van der Waals surface area contributed by atoms with Crippen LogP contribution in [0.1, 0.15) is 53.9 Å². The molecule has 0 radical (unpaired) electrons. The van der Waals surface area contributed by atoms with Gasteiger partial charge in [0.25, 0.3) is 0 Å². The first-order valence-corrected chi connectivity index (χ1v) is 14.1. The van der Waals surface area contributed by atoms with Gasteiger partial charge in [0.15, 0.2) is 0 Å². The van der Waals surface area contributed by atoms with Gasteiger partial charge in [0, 0.05) is 32.7 Å². The molecule has 10 nitrogen and oxygen atoms in total. The highest BCUT2D eigenvalue weighted by Crippen LogP contribution is 2.65. The fourth-order valence-electron chi connectivity index (χ4n) is 7.16. The van der Waals surface area contributed by atoms with Gasteiger partial charge in [-0.2, -0.15) is 0 Å². The summed E-state index contributed by atoms with van der Waals surface area (Å²) in [5, 5.41) is 16.5. The molecule has 8 atom stereocenters. The maximum absolute atomic E-state index is 14.2. The first-order chi connectivity index (χ1) is 17.7. The lowest BCUT2D eigenvalue weighted by Crippen LogP contribution is -2.59. The van der Waals surface area contributed by atoms with E-state index in [1.807, 2.05) is 34.6 Å². The van der Waals surface area contributed by atoms with Crippen molar-refractivity contribution in [3.05, 3.63) is 0 Å². The average molecular weight is 523 g/mol. The fourth-order valence-corrected chi connectivity index (χ4v) is 7.16. The van der Waals surface area contributed by atoms with Crippen LogP contribution in [0.5, 0.6) is 0 Å². The normalized spacial score (nSPS) is 36.9. The molecule has 210 valence electrons. The van der Waals surface area contributed by atoms with Crippen LogP contribution in [0, 0.1) is 23.7 Å². The topological polar surface area (TPSA) is 120 Å². The Labute approximate surface area is 220 Å². The number of carbonyl (C=O) groups excluding carboxylic acids is 3. The summed E-state index contributed by atoms with van der Waals surface area (Å²) in [4.78, 5) is 45.5. The van der Waals surface area contributed by atoms with Crippen molar-refractivity contribution in [2.24, 2.45) is 23.7 Å². The molecular weight excluding hydrogens is 476 g/mol. The number of hydrogen-bond acceptors (Lipinski definition) is 7. The number of morpholine rings is 1. The largest absolute Gasteiger partial charge is 0.394 e. The van der Waals surface area contributed by atoms with Gasteiger partial charge in [0.2, 0.25) is 17.7 Å². The summed E-state index contributed by atoms with van der Waals surface area (Å²) in [6, 6.07) is -1.42. The van der Waals surface area contributed by atoms with Crippen LogP contribution in [0.4, 0.5) is 0 Å². The van der Waals surface area contributed by atoms with Crippen molar-refractivity contribution < 1.29 is 29.0 Å². The number of nitrogens with zero attached hydrogens (tertiary/aromatic N) is 2. The maximum Gasteiger partial charge on any atom is 0.245 e. The van der Waals surface area contributed by atoms with Crippen molar-refractivity contribution in [2.75, 3.05) is 52.5 Å². The third-order valence-corrected chi connectivity index (χ3v) is 9.51. The fraction of sp³-hybridized carbons (Fsp3) is 0.889. The maximum atomic E-state index is 14.2. The van der Waals surface area contributed by atoms with Gasteiger partial charge < -0.3 is 30.1 Å². The van der Waals surface area contributed by atoms with Crippen molar-refractivity contribution in [2.45, 2.75) is 77.2 Å². The zero-order valence-electron chi connectivity index (χ0n) is 23.1. The van der Waals surface area contributed by atoms with Crippen LogP contribution < -0.4 is 10.6 Å². The molecule has 3 unspecified atom stereocenters. The molecule has 3 amide bonds. The summed E-state index contributed by atoms with van der Waals surface area (Å²) in [5.74, 6) is -2.16. The first kappa shape index (κ1) is 28.3. The van der Waals surface area contributed by atoms with E-state index >= 15 is 0 Å². The molecule has 4 saturated heterocycles. The Morgan fingerprint density at radius 1 is 1.16 bits per heavy atom. The highest BCUT2D eigenvalue weighted by atomic mass is 16.5. The lowest BCUT2D eigenvalue weighted by atomic mass is 9.62. The molecule has 0 aliphatic carbocycles. The molecule has 0 saturated carbocycles. The zero-order valence-corrected chi connectivity index (χ0v) is 23.1. The van der Waals surface area contributed by atoms with Crippen molar-refractivity contribution in [3.8, 4) is 0 Å². The smallest absolute Gasteiger partial charge is 0.245 e. The van der Waals surface area contributed by atoms with Crippen LogP contribution in [-0.4, -0.2) is 108 Å². The number of amides is 3. The molecule has 0 aromatic carbocycles. The van der Waals surface area contributed by atoms with Gasteiger partial charge in [0.05, 0.1) is 43.3 Å². The Morgan fingerprint density at radius 3 is 2.46 bits per heavy atom. The molecule has 0 aromatic rings. The van der Waals surface area contributed by atoms with Crippen LogP contribution in [0.25, 0.3) is 0 Å². The predicted molar refractivity (Wildman–Crippen MR) is 138 cm³/mol. The summed E-state index contributed by atoms with van der Waals surface area (Å²) in [6.07, 6.45) is 2.05. The predicted octanol–water partition coefficient (Wildman–Crippen LogP) is 0.379. The Morgan fingerprint density at radius 2 is 1.84 bits per heavy atom. The van der Waals surface area contributed by atoms with Gasteiger partial charge in [0.1, 0.15) is 11.6 Å². The Bertz CT molecular complexity index is 866. The standard InChI is InChI=1S/C27H46N4O6/c1-6-8-28-23(33)20-21-25(35)31(19(16-32)17(3)7-2)22(27(21)15-18(4)26(20,5)37-27)24(34)29-9-10-30-11-13-36-14-12-30/h17-22,32H,6-16H2,1-5H3,(H,28,33)(H,29,34)/t17-,18?,19-,20+,21-,22?,26-,27?/m0/s1. The van der Waals surface area contributed by atoms with E-state index in [1.165, 1.54) is 0 Å². The molecule has 4 aliphatic heterocycles. The second kappa shape index (κ2) is 11.2. The number of likely N-dealkylation sites (tertiary alicyclic amines) is 1. The minimum atomic E-state index is -1.09. The molecular formula is C27H46N4O6. The number of aliphatic hydroxyl groups is 1. The van der Waals surface area contributed by atoms with Crippen molar-refractivity contribution >= 4 is 17.7 Å². The molecule has 3 N–H and O–H groups in total. The molecule has 10 heteroatoms. The lowest BCUT2D eigenvalue weighted by molar-refractivity contribution is -0.152. The van der Waals surface area contributed by atoms with E-state index in [0.29, 0.717) is 39.3 Å². The first-order valence-electron chi connectivity index (χ1n) is 14.1. The van der Waals surface area contributed by atoms with Gasteiger partial charge in [-0.1, -0.05) is 34.1 Å². The summed E-state index contributed by atoms with van der Waals surface area (Å²) in [6.45, 7) is 14.4. The van der Waals surface area contributed by atoms with Gasteiger partial charge in [-0.25, -0.2) is 0 Å². The molecule has 1 spiro atoms. The van der Waals surface area contributed by atoms with E-state index in [0.717, 1.165) is 25.9 Å². The summed E-state index contributed by atoms with van der Waals surface area (Å²) >= 11 is 0. The molecule has 4 rings (SSSR count). The van der Waals surface area contributed by atoms with Crippen LogP contribution >= 0.6 is 0 Å². The number of rotatable bonds is 11. The van der Waals surface area contributed by atoms with Crippen molar-refractivity contribution in [1.29, 1.82) is 0 Å². The average Bonchev–Trinajstić information content (AvgIpc) is 3.40. The van der Waals surface area contributed by atoms with Gasteiger partial charge in [-0.15, -0.1) is 0 Å². The van der Waals surface area contributed by atoms with Gasteiger partial charge in [-0.3, -0.25) is 19.3 Å². The quantitative estimate of drug-likeness (QED) is 0.359. The zero-order chi connectivity index (χ0) is 27.0. The minimum Gasteiger partial charge on any atom is -0.394 e. The van der Waals surface area contributed by atoms with Crippen molar-refractivity contribution in [1.82, 2.24) is 20.4 Å². The SMILES string of the molecule is CCCNC(=O)[C@H]1[C@H]2C(=O)N([C@@H](CO)[C@@H](C)CC)C(C(=O)NCCN3CCOCC3)C23CC(C)[C@]1(C)O3. The van der Waals surface area contributed by atoms with E-state index in [4.69, 9.17) is 9.47 Å². The molecule has 4 fully saturated rings. The van der Waals surface area contributed by atoms with E-state index in [1.54, 1.807) is 4.90 Å². The number of fused-ring (bicyclic) bond motifs is 1. The Kier molecular flexibility index (Phi) is 8.52. The van der Waals surface area contributed by atoms with Crippen LogP contribution in [0.3, 0.4) is 0 Å². The molecule has 2 bridgehead atoms. The van der Waals surface area contributed by atoms with E-state index in [9.17, 15) is 19.5 Å². The lowest BCUT2D eigenvalue weighted by Gasteiger charge is -2.39. The molecule has 4 aliphatic rings.